The molecule has 72 valence electrons. The van der Waals surface area contributed by atoms with Crippen molar-refractivity contribution in [3.8, 4) is 5.75 Å². The lowest BCUT2D eigenvalue weighted by molar-refractivity contribution is 0.242. The van der Waals surface area contributed by atoms with E-state index in [2.05, 4.69) is 22.6 Å². The van der Waals surface area contributed by atoms with E-state index in [0.29, 0.717) is 15.8 Å². The first-order chi connectivity index (χ1) is 6.02. The van der Waals surface area contributed by atoms with Gasteiger partial charge >= 0.3 is 0 Å². The van der Waals surface area contributed by atoms with Crippen LogP contribution >= 0.6 is 45.8 Å². The molecule has 0 bridgehead atoms. The Balaban J connectivity index is 3.04. The number of hydrogen-bond acceptors (Lipinski definition) is 1. The molecule has 0 unspecified atom stereocenters. The molecule has 4 heteroatoms. The largest absolute Gasteiger partial charge is 0.489 e. The molecule has 1 aromatic rings. The number of hydrogen-bond donors (Lipinski definition) is 0. The zero-order valence-electron chi connectivity index (χ0n) is 7.27. The van der Waals surface area contributed by atoms with E-state index in [-0.39, 0.29) is 6.10 Å². The molecule has 0 aliphatic heterocycles. The molecule has 0 saturated heterocycles. The molecular formula is C9H9Cl2IO. The first kappa shape index (κ1) is 11.4. The summed E-state index contributed by atoms with van der Waals surface area (Å²) in [6.45, 7) is 3.91. The molecule has 0 heterocycles. The minimum Gasteiger partial charge on any atom is -0.489 e. The standard InChI is InChI=1S/C9H9Cl2IO/c1-5(2)13-7-4-3-6(10)9(12)8(7)11/h3-5H,1-2H3. The summed E-state index contributed by atoms with van der Waals surface area (Å²) in [5.41, 5.74) is 0. The van der Waals surface area contributed by atoms with Gasteiger partial charge in [-0.05, 0) is 48.6 Å². The van der Waals surface area contributed by atoms with Gasteiger partial charge in [0.15, 0.2) is 0 Å². The highest BCUT2D eigenvalue weighted by Gasteiger charge is 2.09. The van der Waals surface area contributed by atoms with Crippen LogP contribution in [0.5, 0.6) is 5.75 Å². The van der Waals surface area contributed by atoms with Gasteiger partial charge in [0.2, 0.25) is 0 Å². The van der Waals surface area contributed by atoms with Crippen LogP contribution in [0.1, 0.15) is 13.8 Å². The number of halogens is 3. The summed E-state index contributed by atoms with van der Waals surface area (Å²) in [6, 6.07) is 3.57. The molecule has 0 saturated carbocycles. The Hall–Kier alpha value is 0.330. The third-order valence-corrected chi connectivity index (χ3v) is 3.81. The van der Waals surface area contributed by atoms with Crippen LogP contribution < -0.4 is 4.74 Å². The van der Waals surface area contributed by atoms with E-state index in [9.17, 15) is 0 Å². The van der Waals surface area contributed by atoms with Gasteiger partial charge in [-0.2, -0.15) is 0 Å². The van der Waals surface area contributed by atoms with Gasteiger partial charge in [-0.3, -0.25) is 0 Å². The quantitative estimate of drug-likeness (QED) is 0.577. The van der Waals surface area contributed by atoms with Gasteiger partial charge in [-0.25, -0.2) is 0 Å². The van der Waals surface area contributed by atoms with E-state index in [1.807, 2.05) is 13.8 Å². The van der Waals surface area contributed by atoms with Gasteiger partial charge in [0, 0.05) is 0 Å². The molecule has 1 aromatic carbocycles. The predicted molar refractivity (Wildman–Crippen MR) is 64.9 cm³/mol. The average molecular weight is 331 g/mol. The van der Waals surface area contributed by atoms with Crippen LogP contribution in [0.2, 0.25) is 10.0 Å². The normalized spacial score (nSPS) is 10.6. The number of benzene rings is 1. The Bertz CT molecular complexity index is 313. The Morgan fingerprint density at radius 2 is 1.92 bits per heavy atom. The van der Waals surface area contributed by atoms with Crippen LogP contribution in [0.4, 0.5) is 0 Å². The molecule has 0 radical (unpaired) electrons. The maximum absolute atomic E-state index is 6.03. The van der Waals surface area contributed by atoms with Crippen molar-refractivity contribution in [3.63, 3.8) is 0 Å². The van der Waals surface area contributed by atoms with E-state index in [4.69, 9.17) is 27.9 Å². The Labute approximate surface area is 102 Å². The molecule has 0 amide bonds. The van der Waals surface area contributed by atoms with Gasteiger partial charge in [-0.15, -0.1) is 0 Å². The lowest BCUT2D eigenvalue weighted by atomic mass is 10.3. The SMILES string of the molecule is CC(C)Oc1ccc(Cl)c(I)c1Cl. The lowest BCUT2D eigenvalue weighted by Gasteiger charge is -2.12. The fourth-order valence-electron chi connectivity index (χ4n) is 0.853. The highest BCUT2D eigenvalue weighted by Crippen LogP contribution is 2.34. The van der Waals surface area contributed by atoms with E-state index in [0.717, 1.165) is 3.57 Å². The van der Waals surface area contributed by atoms with Crippen molar-refractivity contribution >= 4 is 45.8 Å². The molecule has 0 aliphatic rings. The second-order valence-corrected chi connectivity index (χ2v) is 4.70. The van der Waals surface area contributed by atoms with Gasteiger partial charge in [0.05, 0.1) is 19.7 Å². The van der Waals surface area contributed by atoms with Crippen LogP contribution in [0, 0.1) is 3.57 Å². The van der Waals surface area contributed by atoms with Crippen molar-refractivity contribution in [2.75, 3.05) is 0 Å². The molecule has 0 N–H and O–H groups in total. The van der Waals surface area contributed by atoms with Crippen molar-refractivity contribution in [1.29, 1.82) is 0 Å². The monoisotopic (exact) mass is 330 g/mol. The van der Waals surface area contributed by atoms with E-state index >= 15 is 0 Å². The average Bonchev–Trinajstić information content (AvgIpc) is 2.06. The zero-order chi connectivity index (χ0) is 10.0. The summed E-state index contributed by atoms with van der Waals surface area (Å²) in [7, 11) is 0. The molecule has 13 heavy (non-hydrogen) atoms. The highest BCUT2D eigenvalue weighted by molar-refractivity contribution is 14.1. The van der Waals surface area contributed by atoms with Crippen molar-refractivity contribution in [2.24, 2.45) is 0 Å². The van der Waals surface area contributed by atoms with E-state index in [1.54, 1.807) is 12.1 Å². The van der Waals surface area contributed by atoms with Crippen LogP contribution in [0.3, 0.4) is 0 Å². The lowest BCUT2D eigenvalue weighted by Crippen LogP contribution is -2.06. The fraction of sp³-hybridized carbons (Fsp3) is 0.333. The molecule has 0 fully saturated rings. The Morgan fingerprint density at radius 1 is 1.31 bits per heavy atom. The summed E-state index contributed by atoms with van der Waals surface area (Å²) < 4.78 is 6.32. The van der Waals surface area contributed by atoms with Gasteiger partial charge in [0.25, 0.3) is 0 Å². The van der Waals surface area contributed by atoms with E-state index in [1.165, 1.54) is 0 Å². The molecule has 1 nitrogen and oxygen atoms in total. The van der Waals surface area contributed by atoms with Crippen LogP contribution in [-0.2, 0) is 0 Å². The molecule has 0 spiro atoms. The van der Waals surface area contributed by atoms with Crippen molar-refractivity contribution in [1.82, 2.24) is 0 Å². The third kappa shape index (κ3) is 2.89. The summed E-state index contributed by atoms with van der Waals surface area (Å²) in [6.07, 6.45) is 0.120. The summed E-state index contributed by atoms with van der Waals surface area (Å²) in [5.74, 6) is 0.686. The topological polar surface area (TPSA) is 9.23 Å². The van der Waals surface area contributed by atoms with E-state index < -0.39 is 0 Å². The molecule has 0 atom stereocenters. The second kappa shape index (κ2) is 4.71. The second-order valence-electron chi connectivity index (χ2n) is 2.84. The maximum atomic E-state index is 6.03. The van der Waals surface area contributed by atoms with Crippen LogP contribution in [0.25, 0.3) is 0 Å². The zero-order valence-corrected chi connectivity index (χ0v) is 10.9. The van der Waals surface area contributed by atoms with Gasteiger partial charge < -0.3 is 4.74 Å². The first-order valence-corrected chi connectivity index (χ1v) is 5.66. The van der Waals surface area contributed by atoms with Crippen molar-refractivity contribution in [2.45, 2.75) is 20.0 Å². The van der Waals surface area contributed by atoms with Crippen molar-refractivity contribution in [3.05, 3.63) is 25.7 Å². The minimum absolute atomic E-state index is 0.120. The van der Waals surface area contributed by atoms with Crippen LogP contribution in [0.15, 0.2) is 12.1 Å². The number of rotatable bonds is 2. The summed E-state index contributed by atoms with van der Waals surface area (Å²) in [5, 5.41) is 1.24. The fourth-order valence-corrected chi connectivity index (χ4v) is 1.71. The Morgan fingerprint density at radius 3 is 2.46 bits per heavy atom. The maximum Gasteiger partial charge on any atom is 0.139 e. The minimum atomic E-state index is 0.120. The van der Waals surface area contributed by atoms with Gasteiger partial charge in [0.1, 0.15) is 5.75 Å². The first-order valence-electron chi connectivity index (χ1n) is 3.82. The van der Waals surface area contributed by atoms with Crippen molar-refractivity contribution < 1.29 is 4.74 Å². The molecule has 1 rings (SSSR count). The highest BCUT2D eigenvalue weighted by atomic mass is 127. The summed E-state index contributed by atoms with van der Waals surface area (Å²) >= 11 is 14.0. The molecular weight excluding hydrogens is 322 g/mol. The predicted octanol–water partition coefficient (Wildman–Crippen LogP) is 4.39. The third-order valence-electron chi connectivity index (χ3n) is 1.36. The van der Waals surface area contributed by atoms with Gasteiger partial charge in [-0.1, -0.05) is 23.2 Å². The Kier molecular flexibility index (Phi) is 4.13. The molecule has 0 aromatic heterocycles. The summed E-state index contributed by atoms with van der Waals surface area (Å²) in [4.78, 5) is 0. The molecule has 0 aliphatic carbocycles. The smallest absolute Gasteiger partial charge is 0.139 e. The number of ether oxygens (including phenoxy) is 1. The van der Waals surface area contributed by atoms with Crippen LogP contribution in [-0.4, -0.2) is 6.10 Å².